The van der Waals surface area contributed by atoms with E-state index in [1.165, 1.54) is 18.4 Å². The highest BCUT2D eigenvalue weighted by Gasteiger charge is 2.55. The number of rotatable bonds is 1. The fourth-order valence-electron chi connectivity index (χ4n) is 4.16. The van der Waals surface area contributed by atoms with Crippen LogP contribution in [0.4, 0.5) is 0 Å². The van der Waals surface area contributed by atoms with Gasteiger partial charge in [0.05, 0.1) is 6.10 Å². The van der Waals surface area contributed by atoms with Crippen LogP contribution in [0.25, 0.3) is 0 Å². The Kier molecular flexibility index (Phi) is 2.39. The molecule has 0 amide bonds. The van der Waals surface area contributed by atoms with Gasteiger partial charge in [-0.05, 0) is 56.6 Å². The minimum absolute atomic E-state index is 0.128. The van der Waals surface area contributed by atoms with Crippen molar-refractivity contribution in [2.75, 3.05) is 7.05 Å². The minimum atomic E-state index is -0.128. The smallest absolute Gasteiger partial charge is 0.0609 e. The number of fused-ring (bicyclic) bond motifs is 3. The van der Waals surface area contributed by atoms with E-state index in [1.807, 2.05) is 0 Å². The molecule has 16 heavy (non-hydrogen) atoms. The molecular weight excluding hydrogens is 200 g/mol. The van der Waals surface area contributed by atoms with Crippen molar-refractivity contribution in [3.05, 3.63) is 11.6 Å². The van der Waals surface area contributed by atoms with Crippen LogP contribution in [0.5, 0.6) is 0 Å². The van der Waals surface area contributed by atoms with Crippen molar-refractivity contribution in [2.24, 2.45) is 17.6 Å². The maximum Gasteiger partial charge on any atom is 0.0609 e. The van der Waals surface area contributed by atoms with E-state index in [2.05, 4.69) is 18.4 Å². The van der Waals surface area contributed by atoms with Gasteiger partial charge >= 0.3 is 0 Å². The number of likely N-dealkylation sites (N-methyl/N-ethyl adjacent to an activating group) is 1. The zero-order valence-corrected chi connectivity index (χ0v) is 9.95. The summed E-state index contributed by atoms with van der Waals surface area (Å²) in [6, 6.07) is 0.195. The van der Waals surface area contributed by atoms with Gasteiger partial charge in [-0.25, -0.2) is 0 Å². The van der Waals surface area contributed by atoms with E-state index >= 15 is 0 Å². The van der Waals surface area contributed by atoms with Crippen LogP contribution in [0.3, 0.4) is 0 Å². The lowest BCUT2D eigenvalue weighted by Gasteiger charge is -2.59. The summed E-state index contributed by atoms with van der Waals surface area (Å²) in [5, 5.41) is 13.7. The molecule has 5 atom stereocenters. The Morgan fingerprint density at radius 2 is 2.25 bits per heavy atom. The number of hydrogen-bond acceptors (Lipinski definition) is 3. The van der Waals surface area contributed by atoms with Crippen LogP contribution in [0.15, 0.2) is 11.6 Å². The quantitative estimate of drug-likeness (QED) is 0.575. The number of hydrogen-bond donors (Lipinski definition) is 3. The van der Waals surface area contributed by atoms with Crippen LogP contribution in [-0.4, -0.2) is 29.8 Å². The molecule has 3 aliphatic carbocycles. The van der Waals surface area contributed by atoms with Gasteiger partial charge in [-0.1, -0.05) is 6.08 Å². The summed E-state index contributed by atoms with van der Waals surface area (Å²) >= 11 is 0. The summed E-state index contributed by atoms with van der Waals surface area (Å²) in [5.74, 6) is 1.17. The first kappa shape index (κ1) is 10.8. The zero-order chi connectivity index (χ0) is 11.3. The molecule has 3 nitrogen and oxygen atoms in total. The Morgan fingerprint density at radius 1 is 1.44 bits per heavy atom. The van der Waals surface area contributed by atoms with E-state index in [0.717, 1.165) is 19.3 Å². The first-order valence-electron chi connectivity index (χ1n) is 6.51. The summed E-state index contributed by atoms with van der Waals surface area (Å²) in [5.41, 5.74) is 7.55. The Balaban J connectivity index is 1.98. The normalized spacial score (nSPS) is 51.1. The van der Waals surface area contributed by atoms with E-state index < -0.39 is 0 Å². The fraction of sp³-hybridized carbons (Fsp3) is 0.846. The Morgan fingerprint density at radius 3 is 2.88 bits per heavy atom. The Labute approximate surface area is 97.1 Å². The highest BCUT2D eigenvalue weighted by molar-refractivity contribution is 5.33. The molecule has 90 valence electrons. The second-order valence-electron chi connectivity index (χ2n) is 5.73. The lowest BCUT2D eigenvalue weighted by molar-refractivity contribution is -0.0559. The third kappa shape index (κ3) is 1.25. The average molecular weight is 222 g/mol. The van der Waals surface area contributed by atoms with E-state index in [9.17, 15) is 5.11 Å². The van der Waals surface area contributed by atoms with Crippen molar-refractivity contribution in [3.8, 4) is 0 Å². The molecule has 2 saturated carbocycles. The maximum atomic E-state index is 10.1. The SMILES string of the molecule is CNC12CCC(N)C=C1CC(O)[C@H]1CCC12. The van der Waals surface area contributed by atoms with E-state index in [1.54, 1.807) is 0 Å². The molecular formula is C13H22N2O. The van der Waals surface area contributed by atoms with Crippen LogP contribution in [0.1, 0.15) is 32.1 Å². The Bertz CT molecular complexity index is 328. The molecule has 4 unspecified atom stereocenters. The van der Waals surface area contributed by atoms with Crippen molar-refractivity contribution >= 4 is 0 Å². The molecule has 0 aromatic heterocycles. The summed E-state index contributed by atoms with van der Waals surface area (Å²) in [6.07, 6.45) is 7.59. The molecule has 2 fully saturated rings. The second kappa shape index (κ2) is 3.56. The Hall–Kier alpha value is -0.380. The predicted octanol–water partition coefficient (Wildman–Crippen LogP) is 0.783. The number of nitrogens with one attached hydrogen (secondary N) is 1. The molecule has 3 aliphatic rings. The van der Waals surface area contributed by atoms with Crippen molar-refractivity contribution in [1.82, 2.24) is 5.32 Å². The van der Waals surface area contributed by atoms with Gasteiger partial charge in [0.15, 0.2) is 0 Å². The lowest BCUT2D eigenvalue weighted by atomic mass is 9.51. The standard InChI is InChI=1S/C13H22N2O/c1-15-13-5-4-9(14)6-8(13)7-12(16)10-2-3-11(10)13/h6,9-12,15-16H,2-5,7,14H2,1H3/t9?,10-,11?,12?,13?/m0/s1. The van der Waals surface area contributed by atoms with Crippen molar-refractivity contribution < 1.29 is 5.11 Å². The van der Waals surface area contributed by atoms with Gasteiger partial charge in [-0.15, -0.1) is 0 Å². The van der Waals surface area contributed by atoms with Crippen molar-refractivity contribution in [2.45, 2.75) is 49.8 Å². The highest BCUT2D eigenvalue weighted by atomic mass is 16.3. The molecule has 0 radical (unpaired) electrons. The second-order valence-corrected chi connectivity index (χ2v) is 5.73. The van der Waals surface area contributed by atoms with Gasteiger partial charge < -0.3 is 16.2 Å². The highest BCUT2D eigenvalue weighted by Crippen LogP contribution is 2.55. The van der Waals surface area contributed by atoms with Crippen molar-refractivity contribution in [3.63, 3.8) is 0 Å². The van der Waals surface area contributed by atoms with Gasteiger partial charge in [0.2, 0.25) is 0 Å². The molecule has 0 aliphatic heterocycles. The van der Waals surface area contributed by atoms with Crippen LogP contribution in [0, 0.1) is 11.8 Å². The van der Waals surface area contributed by atoms with Gasteiger partial charge in [-0.3, -0.25) is 0 Å². The first-order valence-corrected chi connectivity index (χ1v) is 6.51. The summed E-state index contributed by atoms with van der Waals surface area (Å²) in [7, 11) is 2.07. The number of aliphatic hydroxyl groups excluding tert-OH is 1. The van der Waals surface area contributed by atoms with Crippen molar-refractivity contribution in [1.29, 1.82) is 0 Å². The third-order valence-corrected chi connectivity index (χ3v) is 5.19. The molecule has 0 heterocycles. The summed E-state index contributed by atoms with van der Waals surface area (Å²) in [4.78, 5) is 0. The number of aliphatic hydroxyl groups is 1. The number of nitrogens with two attached hydrogens (primary N) is 1. The van der Waals surface area contributed by atoms with Gasteiger partial charge in [0, 0.05) is 11.6 Å². The van der Waals surface area contributed by atoms with E-state index in [0.29, 0.717) is 11.8 Å². The lowest BCUT2D eigenvalue weighted by Crippen LogP contribution is -2.64. The molecule has 0 spiro atoms. The zero-order valence-electron chi connectivity index (χ0n) is 9.95. The van der Waals surface area contributed by atoms with Gasteiger partial charge in [0.1, 0.15) is 0 Å². The van der Waals surface area contributed by atoms with Crippen LogP contribution < -0.4 is 11.1 Å². The van der Waals surface area contributed by atoms with Gasteiger partial charge in [0.25, 0.3) is 0 Å². The largest absolute Gasteiger partial charge is 0.392 e. The predicted molar refractivity (Wildman–Crippen MR) is 63.9 cm³/mol. The topological polar surface area (TPSA) is 58.3 Å². The molecule has 0 aromatic carbocycles. The fourth-order valence-corrected chi connectivity index (χ4v) is 4.16. The first-order chi connectivity index (χ1) is 7.67. The molecule has 3 rings (SSSR count). The van der Waals surface area contributed by atoms with Crippen LogP contribution in [0.2, 0.25) is 0 Å². The maximum absolute atomic E-state index is 10.1. The molecule has 0 aromatic rings. The monoisotopic (exact) mass is 222 g/mol. The summed E-state index contributed by atoms with van der Waals surface area (Å²) < 4.78 is 0. The molecule has 0 bridgehead atoms. The van der Waals surface area contributed by atoms with Gasteiger partial charge in [-0.2, -0.15) is 0 Å². The average Bonchev–Trinajstić information content (AvgIpc) is 2.19. The molecule has 3 heteroatoms. The molecule has 4 N–H and O–H groups in total. The summed E-state index contributed by atoms with van der Waals surface area (Å²) in [6.45, 7) is 0. The van der Waals surface area contributed by atoms with Crippen LogP contribution >= 0.6 is 0 Å². The molecule has 0 saturated heterocycles. The van der Waals surface area contributed by atoms with E-state index in [-0.39, 0.29) is 17.7 Å². The van der Waals surface area contributed by atoms with Crippen LogP contribution in [-0.2, 0) is 0 Å². The van der Waals surface area contributed by atoms with E-state index in [4.69, 9.17) is 5.73 Å². The third-order valence-electron chi connectivity index (χ3n) is 5.19. The minimum Gasteiger partial charge on any atom is -0.392 e.